The van der Waals surface area contributed by atoms with Gasteiger partial charge in [0.1, 0.15) is 5.82 Å². The maximum atomic E-state index is 5.98. The van der Waals surface area contributed by atoms with Gasteiger partial charge in [-0.2, -0.15) is 0 Å². The zero-order valence-electron chi connectivity index (χ0n) is 10.6. The highest BCUT2D eigenvalue weighted by molar-refractivity contribution is 5.64. The van der Waals surface area contributed by atoms with Crippen molar-refractivity contribution in [1.29, 1.82) is 0 Å². The van der Waals surface area contributed by atoms with E-state index in [-0.39, 0.29) is 0 Å². The summed E-state index contributed by atoms with van der Waals surface area (Å²) in [4.78, 5) is 4.28. The van der Waals surface area contributed by atoms with E-state index >= 15 is 0 Å². The topological polar surface area (TPSA) is 60.2 Å². The predicted molar refractivity (Wildman–Crippen MR) is 70.0 cm³/mol. The van der Waals surface area contributed by atoms with Crippen LogP contribution in [0.3, 0.4) is 0 Å². The quantitative estimate of drug-likeness (QED) is 0.793. The summed E-state index contributed by atoms with van der Waals surface area (Å²) >= 11 is 0. The minimum atomic E-state index is 0.411. The zero-order chi connectivity index (χ0) is 12.3. The van der Waals surface area contributed by atoms with E-state index in [4.69, 9.17) is 10.5 Å². The van der Waals surface area contributed by atoms with Crippen molar-refractivity contribution in [2.24, 2.45) is 5.41 Å². The van der Waals surface area contributed by atoms with Gasteiger partial charge in [0.15, 0.2) is 0 Å². The summed E-state index contributed by atoms with van der Waals surface area (Å²) in [5, 5.41) is 3.37. The van der Waals surface area contributed by atoms with Gasteiger partial charge in [-0.1, -0.05) is 0 Å². The number of aromatic nitrogens is 1. The maximum Gasteiger partial charge on any atom is 0.149 e. The first-order valence-electron chi connectivity index (χ1n) is 6.11. The zero-order valence-corrected chi connectivity index (χ0v) is 10.6. The SMILES string of the molecule is COCCC1(CNc2nccc(C)c2N)CC1. The van der Waals surface area contributed by atoms with Gasteiger partial charge in [-0.15, -0.1) is 0 Å². The molecule has 0 aromatic carbocycles. The van der Waals surface area contributed by atoms with Crippen molar-refractivity contribution in [2.75, 3.05) is 31.3 Å². The number of rotatable bonds is 6. The van der Waals surface area contributed by atoms with Crippen molar-refractivity contribution in [3.63, 3.8) is 0 Å². The second-order valence-electron chi connectivity index (χ2n) is 4.99. The van der Waals surface area contributed by atoms with Crippen LogP contribution in [0.5, 0.6) is 0 Å². The molecule has 0 radical (unpaired) electrons. The molecular formula is C13H21N3O. The minimum Gasteiger partial charge on any atom is -0.396 e. The number of nitrogens with one attached hydrogen (secondary N) is 1. The van der Waals surface area contributed by atoms with E-state index in [9.17, 15) is 0 Å². The van der Waals surface area contributed by atoms with Crippen LogP contribution in [0.2, 0.25) is 0 Å². The molecule has 17 heavy (non-hydrogen) atoms. The largest absolute Gasteiger partial charge is 0.396 e. The summed E-state index contributed by atoms with van der Waals surface area (Å²) in [5.41, 5.74) is 8.23. The number of nitrogens with zero attached hydrogens (tertiary/aromatic N) is 1. The van der Waals surface area contributed by atoms with Crippen LogP contribution in [0.1, 0.15) is 24.8 Å². The van der Waals surface area contributed by atoms with Crippen LogP contribution in [0.15, 0.2) is 12.3 Å². The Morgan fingerprint density at radius 2 is 2.29 bits per heavy atom. The summed E-state index contributed by atoms with van der Waals surface area (Å²) < 4.78 is 5.14. The lowest BCUT2D eigenvalue weighted by Gasteiger charge is -2.17. The summed E-state index contributed by atoms with van der Waals surface area (Å²) in [6.07, 6.45) is 5.45. The van der Waals surface area contributed by atoms with E-state index in [2.05, 4.69) is 10.3 Å². The van der Waals surface area contributed by atoms with Crippen LogP contribution in [0, 0.1) is 12.3 Å². The molecular weight excluding hydrogens is 214 g/mol. The highest BCUT2D eigenvalue weighted by atomic mass is 16.5. The number of aryl methyl sites for hydroxylation is 1. The molecule has 0 aliphatic heterocycles. The summed E-state index contributed by atoms with van der Waals surface area (Å²) in [6, 6.07) is 1.93. The first-order chi connectivity index (χ1) is 8.17. The van der Waals surface area contributed by atoms with Crippen LogP contribution in [-0.2, 0) is 4.74 Å². The Morgan fingerprint density at radius 1 is 1.53 bits per heavy atom. The van der Waals surface area contributed by atoms with Crippen molar-refractivity contribution >= 4 is 11.5 Å². The van der Waals surface area contributed by atoms with E-state index in [0.717, 1.165) is 36.6 Å². The van der Waals surface area contributed by atoms with Gasteiger partial charge in [0.2, 0.25) is 0 Å². The predicted octanol–water partition coefficient (Wildman–Crippen LogP) is 2.20. The van der Waals surface area contributed by atoms with Crippen molar-refractivity contribution in [3.05, 3.63) is 17.8 Å². The highest BCUT2D eigenvalue weighted by Gasteiger charge is 2.41. The first-order valence-corrected chi connectivity index (χ1v) is 6.11. The molecule has 0 atom stereocenters. The fourth-order valence-electron chi connectivity index (χ4n) is 1.99. The second-order valence-corrected chi connectivity index (χ2v) is 4.99. The van der Waals surface area contributed by atoms with Crippen LogP contribution in [-0.4, -0.2) is 25.2 Å². The Kier molecular flexibility index (Phi) is 3.52. The number of pyridine rings is 1. The van der Waals surface area contributed by atoms with Gasteiger partial charge in [0, 0.05) is 26.5 Å². The molecule has 1 aromatic rings. The lowest BCUT2D eigenvalue weighted by molar-refractivity contribution is 0.175. The molecule has 1 saturated carbocycles. The molecule has 4 nitrogen and oxygen atoms in total. The standard InChI is InChI=1S/C13H21N3O/c1-10-3-7-15-12(11(10)14)16-9-13(4-5-13)6-8-17-2/h3,7H,4-6,8-9,14H2,1-2H3,(H,15,16). The van der Waals surface area contributed by atoms with Crippen molar-refractivity contribution < 1.29 is 4.74 Å². The van der Waals surface area contributed by atoms with Crippen molar-refractivity contribution in [2.45, 2.75) is 26.2 Å². The van der Waals surface area contributed by atoms with Crippen LogP contribution < -0.4 is 11.1 Å². The van der Waals surface area contributed by atoms with Gasteiger partial charge in [-0.3, -0.25) is 0 Å². The van der Waals surface area contributed by atoms with Gasteiger partial charge in [0.25, 0.3) is 0 Å². The summed E-state index contributed by atoms with van der Waals surface area (Å²) in [5.74, 6) is 0.814. The molecule has 1 aliphatic carbocycles. The fourth-order valence-corrected chi connectivity index (χ4v) is 1.99. The van der Waals surface area contributed by atoms with E-state index in [1.54, 1.807) is 13.3 Å². The van der Waals surface area contributed by atoms with Gasteiger partial charge in [0.05, 0.1) is 5.69 Å². The maximum absolute atomic E-state index is 5.98. The number of ether oxygens (including phenoxy) is 1. The fraction of sp³-hybridized carbons (Fsp3) is 0.615. The smallest absolute Gasteiger partial charge is 0.149 e. The Balaban J connectivity index is 1.92. The molecule has 1 fully saturated rings. The minimum absolute atomic E-state index is 0.411. The summed E-state index contributed by atoms with van der Waals surface area (Å²) in [7, 11) is 1.75. The van der Waals surface area contributed by atoms with Gasteiger partial charge in [-0.25, -0.2) is 4.98 Å². The molecule has 0 saturated heterocycles. The van der Waals surface area contributed by atoms with E-state index < -0.39 is 0 Å². The molecule has 2 rings (SSSR count). The Bertz CT molecular complexity index is 388. The highest BCUT2D eigenvalue weighted by Crippen LogP contribution is 2.48. The Morgan fingerprint density at radius 3 is 2.94 bits per heavy atom. The number of anilines is 2. The lowest BCUT2D eigenvalue weighted by atomic mass is 10.0. The van der Waals surface area contributed by atoms with E-state index in [0.29, 0.717) is 5.41 Å². The van der Waals surface area contributed by atoms with E-state index in [1.165, 1.54) is 12.8 Å². The molecule has 0 unspecified atom stereocenters. The molecule has 3 N–H and O–H groups in total. The molecule has 4 heteroatoms. The monoisotopic (exact) mass is 235 g/mol. The normalized spacial score (nSPS) is 16.8. The molecule has 1 heterocycles. The number of methoxy groups -OCH3 is 1. The van der Waals surface area contributed by atoms with Gasteiger partial charge < -0.3 is 15.8 Å². The average Bonchev–Trinajstić information content (AvgIpc) is 3.09. The Labute approximate surface area is 103 Å². The number of nitrogens with two attached hydrogens (primary N) is 1. The van der Waals surface area contributed by atoms with Gasteiger partial charge >= 0.3 is 0 Å². The van der Waals surface area contributed by atoms with E-state index in [1.807, 2.05) is 13.0 Å². The number of hydrogen-bond donors (Lipinski definition) is 2. The molecule has 0 spiro atoms. The third-order valence-electron chi connectivity index (χ3n) is 3.63. The van der Waals surface area contributed by atoms with Crippen molar-refractivity contribution in [3.8, 4) is 0 Å². The molecule has 0 bridgehead atoms. The average molecular weight is 235 g/mol. The first kappa shape index (κ1) is 12.2. The van der Waals surface area contributed by atoms with Crippen LogP contribution in [0.4, 0.5) is 11.5 Å². The third-order valence-corrected chi connectivity index (χ3v) is 3.63. The molecule has 1 aliphatic rings. The number of hydrogen-bond acceptors (Lipinski definition) is 4. The van der Waals surface area contributed by atoms with Crippen molar-refractivity contribution in [1.82, 2.24) is 4.98 Å². The lowest BCUT2D eigenvalue weighted by Crippen LogP contribution is -2.18. The molecule has 1 aromatic heterocycles. The van der Waals surface area contributed by atoms with Crippen LogP contribution >= 0.6 is 0 Å². The van der Waals surface area contributed by atoms with Gasteiger partial charge in [-0.05, 0) is 43.2 Å². The number of nitrogen functional groups attached to an aromatic ring is 1. The Hall–Kier alpha value is -1.29. The van der Waals surface area contributed by atoms with Crippen LogP contribution in [0.25, 0.3) is 0 Å². The third kappa shape index (κ3) is 2.88. The second kappa shape index (κ2) is 4.92. The summed E-state index contributed by atoms with van der Waals surface area (Å²) in [6.45, 7) is 3.77. The molecule has 94 valence electrons. The molecule has 0 amide bonds.